The minimum absolute atomic E-state index is 0.0546. The van der Waals surface area contributed by atoms with Crippen LogP contribution in [0.5, 0.6) is 0 Å². The molecule has 0 spiro atoms. The summed E-state index contributed by atoms with van der Waals surface area (Å²) in [6.07, 6.45) is 0. The highest BCUT2D eigenvalue weighted by atomic mass is 35.5. The van der Waals surface area contributed by atoms with Crippen LogP contribution in [0.15, 0.2) is 16.5 Å². The molecule has 1 unspecified atom stereocenters. The third-order valence-electron chi connectivity index (χ3n) is 3.22. The number of halogens is 1. The van der Waals surface area contributed by atoms with Gasteiger partial charge in [0.15, 0.2) is 5.15 Å². The van der Waals surface area contributed by atoms with Gasteiger partial charge in [-0.25, -0.2) is 0 Å². The van der Waals surface area contributed by atoms with Crippen LogP contribution in [0.1, 0.15) is 23.1 Å². The maximum atomic E-state index is 9.23. The van der Waals surface area contributed by atoms with Crippen LogP contribution in [-0.4, -0.2) is 24.1 Å². The summed E-state index contributed by atoms with van der Waals surface area (Å²) in [5.41, 5.74) is 0.423. The highest BCUT2D eigenvalue weighted by Gasteiger charge is 2.31. The van der Waals surface area contributed by atoms with E-state index in [1.54, 1.807) is 0 Å². The second-order valence-electron chi connectivity index (χ2n) is 4.50. The Kier molecular flexibility index (Phi) is 3.66. The van der Waals surface area contributed by atoms with E-state index in [4.69, 9.17) is 20.8 Å². The summed E-state index contributed by atoms with van der Waals surface area (Å²) in [6, 6.07) is 5.93. The number of hydrogen-bond donors (Lipinski definition) is 0. The minimum Gasteiger partial charge on any atom is -0.464 e. The Balaban J connectivity index is 1.99. The van der Waals surface area contributed by atoms with Crippen LogP contribution < -0.4 is 4.90 Å². The van der Waals surface area contributed by atoms with Crippen molar-refractivity contribution >= 4 is 28.1 Å². The maximum Gasteiger partial charge on any atom is 0.162 e. The van der Waals surface area contributed by atoms with Gasteiger partial charge in [0.25, 0.3) is 0 Å². The lowest BCUT2D eigenvalue weighted by atomic mass is 10.1. The van der Waals surface area contributed by atoms with Crippen LogP contribution in [0.4, 0.5) is 5.00 Å². The number of ether oxygens (including phenoxy) is 1. The Labute approximate surface area is 125 Å². The normalized spacial score (nSPS) is 19.1. The number of nitrogens with zero attached hydrogens (tertiary/aromatic N) is 3. The van der Waals surface area contributed by atoms with Gasteiger partial charge in [-0.3, -0.25) is 0 Å². The van der Waals surface area contributed by atoms with Crippen molar-refractivity contribution in [3.8, 4) is 6.07 Å². The van der Waals surface area contributed by atoms with Crippen LogP contribution in [0.2, 0.25) is 5.15 Å². The maximum absolute atomic E-state index is 9.23. The van der Waals surface area contributed by atoms with Crippen molar-refractivity contribution in [1.82, 2.24) is 4.37 Å². The molecule has 104 valence electrons. The molecule has 1 atom stereocenters. The number of hydrogen-bond acceptors (Lipinski definition) is 6. The molecule has 3 heterocycles. The first kappa shape index (κ1) is 13.4. The molecule has 1 saturated heterocycles. The molecule has 0 radical (unpaired) electrons. The van der Waals surface area contributed by atoms with E-state index in [1.807, 2.05) is 19.1 Å². The summed E-state index contributed by atoms with van der Waals surface area (Å²) in [5, 5.41) is 10.3. The quantitative estimate of drug-likeness (QED) is 0.852. The van der Waals surface area contributed by atoms with Gasteiger partial charge < -0.3 is 14.1 Å². The van der Waals surface area contributed by atoms with Gasteiger partial charge >= 0.3 is 0 Å². The highest BCUT2D eigenvalue weighted by Crippen LogP contribution is 2.38. The first-order chi connectivity index (χ1) is 9.70. The SMILES string of the molecule is Cc1ccc(C2COCCN2c2snc(Cl)c2C#N)o1. The van der Waals surface area contributed by atoms with Gasteiger partial charge in [0.05, 0.1) is 13.2 Å². The van der Waals surface area contributed by atoms with E-state index < -0.39 is 0 Å². The van der Waals surface area contributed by atoms with Crippen molar-refractivity contribution < 1.29 is 9.15 Å². The standard InChI is InChI=1S/C13H12ClN3O2S/c1-8-2-3-11(19-8)10-7-18-5-4-17(10)13-9(6-15)12(14)16-20-13/h2-3,10H,4-5,7H2,1H3. The van der Waals surface area contributed by atoms with Crippen LogP contribution in [0.3, 0.4) is 0 Å². The molecular formula is C13H12ClN3O2S. The van der Waals surface area contributed by atoms with Gasteiger partial charge in [0.2, 0.25) is 0 Å². The van der Waals surface area contributed by atoms with Crippen molar-refractivity contribution in [2.75, 3.05) is 24.7 Å². The second-order valence-corrected chi connectivity index (χ2v) is 5.61. The fourth-order valence-corrected chi connectivity index (χ4v) is 3.37. The lowest BCUT2D eigenvalue weighted by molar-refractivity contribution is 0.0878. The number of nitriles is 1. The molecule has 1 aliphatic rings. The van der Waals surface area contributed by atoms with Gasteiger partial charge in [0, 0.05) is 6.54 Å². The molecule has 0 amide bonds. The lowest BCUT2D eigenvalue weighted by Crippen LogP contribution is -2.39. The second kappa shape index (κ2) is 5.44. The number of anilines is 1. The predicted molar refractivity (Wildman–Crippen MR) is 76.2 cm³/mol. The van der Waals surface area contributed by atoms with Crippen LogP contribution >= 0.6 is 23.1 Å². The molecule has 7 heteroatoms. The smallest absolute Gasteiger partial charge is 0.162 e. The summed E-state index contributed by atoms with van der Waals surface area (Å²) in [7, 11) is 0. The zero-order valence-electron chi connectivity index (χ0n) is 10.8. The molecule has 0 aliphatic carbocycles. The molecule has 20 heavy (non-hydrogen) atoms. The molecule has 3 rings (SSSR count). The third kappa shape index (κ3) is 2.29. The number of morpholine rings is 1. The van der Waals surface area contributed by atoms with E-state index in [2.05, 4.69) is 15.3 Å². The summed E-state index contributed by atoms with van der Waals surface area (Å²) in [6.45, 7) is 3.71. The lowest BCUT2D eigenvalue weighted by Gasteiger charge is -2.34. The minimum atomic E-state index is -0.0546. The number of rotatable bonds is 2. The number of furan rings is 1. The number of aromatic nitrogens is 1. The molecule has 1 fully saturated rings. The molecule has 0 saturated carbocycles. The van der Waals surface area contributed by atoms with Gasteiger partial charge in [-0.15, -0.1) is 0 Å². The van der Waals surface area contributed by atoms with E-state index in [0.29, 0.717) is 25.3 Å². The molecule has 0 N–H and O–H groups in total. The highest BCUT2D eigenvalue weighted by molar-refractivity contribution is 7.10. The first-order valence-electron chi connectivity index (χ1n) is 6.16. The van der Waals surface area contributed by atoms with E-state index >= 15 is 0 Å². The molecule has 2 aromatic heterocycles. The largest absolute Gasteiger partial charge is 0.464 e. The monoisotopic (exact) mass is 309 g/mol. The zero-order chi connectivity index (χ0) is 14.1. The average molecular weight is 310 g/mol. The van der Waals surface area contributed by atoms with Gasteiger partial charge in [-0.2, -0.15) is 9.64 Å². The summed E-state index contributed by atoms with van der Waals surface area (Å²) in [5.74, 6) is 1.68. The van der Waals surface area contributed by atoms with E-state index in [0.717, 1.165) is 16.5 Å². The fraction of sp³-hybridized carbons (Fsp3) is 0.385. The van der Waals surface area contributed by atoms with Crippen LogP contribution in [-0.2, 0) is 4.74 Å². The third-order valence-corrected chi connectivity index (χ3v) is 4.48. The molecule has 0 aromatic carbocycles. The van der Waals surface area contributed by atoms with E-state index in [-0.39, 0.29) is 11.2 Å². The zero-order valence-corrected chi connectivity index (χ0v) is 12.4. The number of aryl methyl sites for hydroxylation is 1. The Bertz CT molecular complexity index is 661. The van der Waals surface area contributed by atoms with Crippen molar-refractivity contribution in [1.29, 1.82) is 5.26 Å². The Morgan fingerprint density at radius 2 is 2.40 bits per heavy atom. The Hall–Kier alpha value is -1.55. The van der Waals surface area contributed by atoms with Crippen molar-refractivity contribution in [2.24, 2.45) is 0 Å². The molecule has 5 nitrogen and oxygen atoms in total. The summed E-state index contributed by atoms with van der Waals surface area (Å²) in [4.78, 5) is 2.09. The van der Waals surface area contributed by atoms with Crippen LogP contribution in [0.25, 0.3) is 0 Å². The predicted octanol–water partition coefficient (Wildman–Crippen LogP) is 3.15. The molecular weight excluding hydrogens is 298 g/mol. The molecule has 0 bridgehead atoms. The van der Waals surface area contributed by atoms with Crippen molar-refractivity contribution in [2.45, 2.75) is 13.0 Å². The first-order valence-corrected chi connectivity index (χ1v) is 7.32. The Morgan fingerprint density at radius 1 is 1.55 bits per heavy atom. The fourth-order valence-electron chi connectivity index (χ4n) is 2.27. The van der Waals surface area contributed by atoms with E-state index in [1.165, 1.54) is 11.5 Å². The van der Waals surface area contributed by atoms with Crippen molar-refractivity contribution in [3.05, 3.63) is 34.4 Å². The Morgan fingerprint density at radius 3 is 3.10 bits per heavy atom. The molecule has 1 aliphatic heterocycles. The van der Waals surface area contributed by atoms with Gasteiger partial charge in [-0.05, 0) is 30.6 Å². The van der Waals surface area contributed by atoms with Crippen LogP contribution in [0, 0.1) is 18.3 Å². The molecule has 2 aromatic rings. The van der Waals surface area contributed by atoms with Gasteiger partial charge in [-0.1, -0.05) is 11.6 Å². The topological polar surface area (TPSA) is 62.3 Å². The van der Waals surface area contributed by atoms with E-state index in [9.17, 15) is 5.26 Å². The van der Waals surface area contributed by atoms with Gasteiger partial charge in [0.1, 0.15) is 34.2 Å². The summed E-state index contributed by atoms with van der Waals surface area (Å²) < 4.78 is 15.3. The van der Waals surface area contributed by atoms with Crippen molar-refractivity contribution in [3.63, 3.8) is 0 Å². The summed E-state index contributed by atoms with van der Waals surface area (Å²) >= 11 is 7.19. The average Bonchev–Trinajstić information content (AvgIpc) is 3.04.